The van der Waals surface area contributed by atoms with Gasteiger partial charge in [-0.15, -0.1) is 0 Å². The van der Waals surface area contributed by atoms with Crippen LogP contribution in [0.4, 0.5) is 11.4 Å². The van der Waals surface area contributed by atoms with Gasteiger partial charge in [-0.2, -0.15) is 0 Å². The van der Waals surface area contributed by atoms with E-state index in [1.54, 1.807) is 0 Å². The summed E-state index contributed by atoms with van der Waals surface area (Å²) in [6, 6.07) is 9.86. The quantitative estimate of drug-likeness (QED) is 0.633. The number of carbonyl (C=O) groups excluding carboxylic acids is 1. The van der Waals surface area contributed by atoms with Gasteiger partial charge in [-0.3, -0.25) is 24.3 Å². The SMILES string of the molecule is CN(C)c1ccc(CNC(=O)Cn2cc([N+](=O)[O-])ccc2=O)cc1. The molecule has 1 heterocycles. The highest BCUT2D eigenvalue weighted by Gasteiger charge is 2.10. The standard InChI is InChI=1S/C16H18N4O4/c1-18(2)13-5-3-12(4-6-13)9-17-15(21)11-19-10-14(20(23)24)7-8-16(19)22/h3-8,10H,9,11H2,1-2H3,(H,17,21). The molecule has 0 aliphatic heterocycles. The summed E-state index contributed by atoms with van der Waals surface area (Å²) in [5, 5.41) is 13.4. The molecule has 0 radical (unpaired) electrons. The normalized spacial score (nSPS) is 10.2. The molecular formula is C16H18N4O4. The zero-order valence-corrected chi connectivity index (χ0v) is 13.4. The minimum Gasteiger partial charge on any atom is -0.378 e. The monoisotopic (exact) mass is 330 g/mol. The van der Waals surface area contributed by atoms with E-state index in [4.69, 9.17) is 0 Å². The molecule has 2 aromatic rings. The summed E-state index contributed by atoms with van der Waals surface area (Å²) in [7, 11) is 3.88. The van der Waals surface area contributed by atoms with Gasteiger partial charge in [0.1, 0.15) is 6.54 Å². The van der Waals surface area contributed by atoms with E-state index in [0.29, 0.717) is 6.54 Å². The van der Waals surface area contributed by atoms with Crippen LogP contribution in [0.1, 0.15) is 5.56 Å². The second kappa shape index (κ2) is 7.40. The van der Waals surface area contributed by atoms with Crippen molar-refractivity contribution in [2.24, 2.45) is 0 Å². The van der Waals surface area contributed by atoms with Crippen molar-refractivity contribution in [2.75, 3.05) is 19.0 Å². The molecule has 126 valence electrons. The molecule has 0 bridgehead atoms. The number of nitro groups is 1. The van der Waals surface area contributed by atoms with Crippen molar-refractivity contribution in [3.05, 3.63) is 68.6 Å². The van der Waals surface area contributed by atoms with Crippen molar-refractivity contribution in [3.63, 3.8) is 0 Å². The Morgan fingerprint density at radius 3 is 2.46 bits per heavy atom. The number of pyridine rings is 1. The Hall–Kier alpha value is -3.16. The summed E-state index contributed by atoms with van der Waals surface area (Å²) in [6.07, 6.45) is 1.06. The number of nitrogens with one attached hydrogen (secondary N) is 1. The predicted molar refractivity (Wildman–Crippen MR) is 90.0 cm³/mol. The largest absolute Gasteiger partial charge is 0.378 e. The summed E-state index contributed by atoms with van der Waals surface area (Å²) < 4.78 is 1.02. The molecule has 0 saturated carbocycles. The maximum absolute atomic E-state index is 11.9. The third-order valence-corrected chi connectivity index (χ3v) is 3.44. The van der Waals surface area contributed by atoms with E-state index < -0.39 is 16.4 Å². The van der Waals surface area contributed by atoms with Gasteiger partial charge >= 0.3 is 0 Å². The van der Waals surface area contributed by atoms with Crippen molar-refractivity contribution in [3.8, 4) is 0 Å². The first kappa shape index (κ1) is 17.2. The van der Waals surface area contributed by atoms with Gasteiger partial charge in [-0.1, -0.05) is 12.1 Å². The fourth-order valence-electron chi connectivity index (χ4n) is 2.07. The summed E-state index contributed by atoms with van der Waals surface area (Å²) in [4.78, 5) is 35.7. The summed E-state index contributed by atoms with van der Waals surface area (Å²) in [6.45, 7) is 0.0481. The van der Waals surface area contributed by atoms with Crippen molar-refractivity contribution >= 4 is 17.3 Å². The number of rotatable bonds is 6. The van der Waals surface area contributed by atoms with Crippen LogP contribution in [0.5, 0.6) is 0 Å². The lowest BCUT2D eigenvalue weighted by atomic mass is 10.2. The lowest BCUT2D eigenvalue weighted by Gasteiger charge is -2.13. The van der Waals surface area contributed by atoms with Crippen LogP contribution in [-0.4, -0.2) is 29.5 Å². The first-order valence-corrected chi connectivity index (χ1v) is 7.24. The molecule has 0 aliphatic rings. The fourth-order valence-corrected chi connectivity index (χ4v) is 2.07. The summed E-state index contributed by atoms with van der Waals surface area (Å²) in [5.74, 6) is -0.394. The molecule has 1 amide bonds. The van der Waals surface area contributed by atoms with Gasteiger partial charge in [-0.25, -0.2) is 0 Å². The van der Waals surface area contributed by atoms with Gasteiger partial charge in [0.05, 0.1) is 11.1 Å². The van der Waals surface area contributed by atoms with Gasteiger partial charge in [-0.05, 0) is 17.7 Å². The molecule has 0 saturated heterocycles. The molecule has 1 N–H and O–H groups in total. The highest BCUT2D eigenvalue weighted by molar-refractivity contribution is 5.75. The number of benzene rings is 1. The molecule has 0 spiro atoms. The Morgan fingerprint density at radius 1 is 1.21 bits per heavy atom. The first-order valence-electron chi connectivity index (χ1n) is 7.24. The second-order valence-electron chi connectivity index (χ2n) is 5.45. The van der Waals surface area contributed by atoms with E-state index in [1.807, 2.05) is 43.3 Å². The van der Waals surface area contributed by atoms with Gasteiger partial charge in [0.15, 0.2) is 0 Å². The molecule has 0 aliphatic carbocycles. The number of amides is 1. The minimum atomic E-state index is -0.611. The number of anilines is 1. The first-order chi connectivity index (χ1) is 11.4. The van der Waals surface area contributed by atoms with E-state index >= 15 is 0 Å². The number of hydrogen-bond acceptors (Lipinski definition) is 5. The highest BCUT2D eigenvalue weighted by Crippen LogP contribution is 2.12. The van der Waals surface area contributed by atoms with Gasteiger partial charge in [0.2, 0.25) is 5.91 Å². The maximum Gasteiger partial charge on any atom is 0.285 e. The molecule has 2 rings (SSSR count). The Labute approximate surface area is 138 Å². The van der Waals surface area contributed by atoms with Crippen LogP contribution in [0.25, 0.3) is 0 Å². The molecule has 1 aromatic heterocycles. The summed E-state index contributed by atoms with van der Waals surface area (Å²) >= 11 is 0. The highest BCUT2D eigenvalue weighted by atomic mass is 16.6. The van der Waals surface area contributed by atoms with Crippen molar-refractivity contribution in [1.29, 1.82) is 0 Å². The Balaban J connectivity index is 1.97. The second-order valence-corrected chi connectivity index (χ2v) is 5.45. The lowest BCUT2D eigenvalue weighted by Crippen LogP contribution is -2.31. The van der Waals surface area contributed by atoms with Gasteiger partial charge in [0, 0.05) is 38.5 Å². The van der Waals surface area contributed by atoms with Crippen LogP contribution in [0.2, 0.25) is 0 Å². The average molecular weight is 330 g/mol. The molecule has 0 atom stereocenters. The molecule has 0 unspecified atom stereocenters. The van der Waals surface area contributed by atoms with Crippen LogP contribution in [-0.2, 0) is 17.9 Å². The lowest BCUT2D eigenvalue weighted by molar-refractivity contribution is -0.385. The van der Waals surface area contributed by atoms with E-state index in [-0.39, 0.29) is 12.2 Å². The average Bonchev–Trinajstić information content (AvgIpc) is 2.55. The van der Waals surface area contributed by atoms with E-state index in [2.05, 4.69) is 5.32 Å². The van der Waals surface area contributed by atoms with E-state index in [0.717, 1.165) is 34.1 Å². The van der Waals surface area contributed by atoms with Crippen LogP contribution in [0.3, 0.4) is 0 Å². The van der Waals surface area contributed by atoms with Crippen LogP contribution in [0.15, 0.2) is 47.4 Å². The Kier molecular flexibility index (Phi) is 5.31. The minimum absolute atomic E-state index is 0.235. The molecule has 1 aromatic carbocycles. The van der Waals surface area contributed by atoms with E-state index in [1.165, 1.54) is 0 Å². The molecule has 8 heteroatoms. The number of nitrogens with zero attached hydrogens (tertiary/aromatic N) is 3. The zero-order chi connectivity index (χ0) is 17.7. The smallest absolute Gasteiger partial charge is 0.285 e. The molecular weight excluding hydrogens is 312 g/mol. The maximum atomic E-state index is 11.9. The van der Waals surface area contributed by atoms with Crippen LogP contribution >= 0.6 is 0 Å². The topological polar surface area (TPSA) is 97.5 Å². The van der Waals surface area contributed by atoms with Crippen LogP contribution in [0, 0.1) is 10.1 Å². The molecule has 24 heavy (non-hydrogen) atoms. The van der Waals surface area contributed by atoms with Crippen molar-refractivity contribution in [1.82, 2.24) is 9.88 Å². The van der Waals surface area contributed by atoms with Crippen molar-refractivity contribution < 1.29 is 9.72 Å². The Bertz CT molecular complexity index is 796. The van der Waals surface area contributed by atoms with Crippen LogP contribution < -0.4 is 15.8 Å². The fraction of sp³-hybridized carbons (Fsp3) is 0.250. The van der Waals surface area contributed by atoms with Crippen molar-refractivity contribution in [2.45, 2.75) is 13.1 Å². The van der Waals surface area contributed by atoms with Gasteiger partial charge in [0.25, 0.3) is 11.2 Å². The molecule has 8 nitrogen and oxygen atoms in total. The predicted octanol–water partition coefficient (Wildman–Crippen LogP) is 1.14. The number of aromatic nitrogens is 1. The zero-order valence-electron chi connectivity index (χ0n) is 13.4. The Morgan fingerprint density at radius 2 is 1.88 bits per heavy atom. The molecule has 0 fully saturated rings. The number of carbonyl (C=O) groups is 1. The number of hydrogen-bond donors (Lipinski definition) is 1. The van der Waals surface area contributed by atoms with E-state index in [9.17, 15) is 19.7 Å². The third-order valence-electron chi connectivity index (χ3n) is 3.44. The van der Waals surface area contributed by atoms with Gasteiger partial charge < -0.3 is 10.2 Å². The summed E-state index contributed by atoms with van der Waals surface area (Å²) in [5.41, 5.74) is 1.27. The third kappa shape index (κ3) is 4.42.